The molecule has 2 saturated carbocycles. The molecule has 2 atom stereocenters. The first-order chi connectivity index (χ1) is 11.6. The van der Waals surface area contributed by atoms with Gasteiger partial charge in [-0.25, -0.2) is 0 Å². The Bertz CT molecular complexity index is 655. The Balaban J connectivity index is 1.58. The summed E-state index contributed by atoms with van der Waals surface area (Å²) in [5, 5.41) is 0. The summed E-state index contributed by atoms with van der Waals surface area (Å²) in [7, 11) is 1.71. The number of hydrogen-bond acceptors (Lipinski definition) is 4. The zero-order valence-electron chi connectivity index (χ0n) is 14.5. The van der Waals surface area contributed by atoms with Crippen LogP contribution in [0, 0.1) is 18.8 Å². The lowest BCUT2D eigenvalue weighted by Gasteiger charge is -2.54. The monoisotopic (exact) mass is 350 g/mol. The van der Waals surface area contributed by atoms with Crippen LogP contribution in [0.4, 0.5) is 0 Å². The van der Waals surface area contributed by atoms with Gasteiger partial charge in [-0.3, -0.25) is 4.79 Å². The SMILES string of the molecule is COCCCn1cc(C)s/c1=N\C(=O)C12CC3CC(CC(C3)O1)C2. The van der Waals surface area contributed by atoms with E-state index in [1.807, 2.05) is 0 Å². The summed E-state index contributed by atoms with van der Waals surface area (Å²) in [6.07, 6.45) is 8.58. The van der Waals surface area contributed by atoms with Crippen LogP contribution in [-0.4, -0.2) is 35.9 Å². The number of hydrogen-bond donors (Lipinski definition) is 0. The molecule has 5 rings (SSSR count). The van der Waals surface area contributed by atoms with Crippen molar-refractivity contribution in [3.8, 4) is 0 Å². The molecule has 132 valence electrons. The molecule has 2 unspecified atom stereocenters. The summed E-state index contributed by atoms with van der Waals surface area (Å²) >= 11 is 1.58. The van der Waals surface area contributed by atoms with Crippen molar-refractivity contribution in [2.75, 3.05) is 13.7 Å². The molecule has 0 aromatic carbocycles. The van der Waals surface area contributed by atoms with Crippen molar-refractivity contribution in [3.05, 3.63) is 15.9 Å². The van der Waals surface area contributed by atoms with E-state index >= 15 is 0 Å². The van der Waals surface area contributed by atoms with Gasteiger partial charge in [-0.1, -0.05) is 0 Å². The highest BCUT2D eigenvalue weighted by atomic mass is 32.1. The van der Waals surface area contributed by atoms with Crippen LogP contribution in [0.25, 0.3) is 0 Å². The summed E-state index contributed by atoms with van der Waals surface area (Å²) in [6, 6.07) is 0. The van der Waals surface area contributed by atoms with E-state index in [0.717, 1.165) is 43.5 Å². The zero-order valence-corrected chi connectivity index (χ0v) is 15.3. The maximum atomic E-state index is 13.0. The first kappa shape index (κ1) is 16.5. The second kappa shape index (κ2) is 6.39. The second-order valence-electron chi connectivity index (χ2n) is 7.66. The molecule has 1 aromatic rings. The Morgan fingerprint density at radius 3 is 2.83 bits per heavy atom. The number of thiazole rings is 1. The third-order valence-corrected chi connectivity index (χ3v) is 6.59. The minimum atomic E-state index is -0.628. The fourth-order valence-electron chi connectivity index (χ4n) is 4.91. The predicted octanol–water partition coefficient (Wildman–Crippen LogP) is 2.67. The highest BCUT2D eigenvalue weighted by molar-refractivity contribution is 7.09. The van der Waals surface area contributed by atoms with Crippen LogP contribution in [0.3, 0.4) is 0 Å². The second-order valence-corrected chi connectivity index (χ2v) is 8.88. The standard InChI is InChI=1S/C18H26N2O3S/c1-12-11-20(4-3-5-22-2)17(24-12)19-16(21)18-9-13-6-14(10-18)8-15(7-13)23-18/h11,13-15H,3-10H2,1-2H3/b19-17-. The number of ether oxygens (including phenoxy) is 2. The van der Waals surface area contributed by atoms with Crippen molar-refractivity contribution in [1.29, 1.82) is 0 Å². The number of rotatable bonds is 5. The molecule has 1 amide bonds. The predicted molar refractivity (Wildman–Crippen MR) is 91.8 cm³/mol. The lowest BCUT2D eigenvalue weighted by molar-refractivity contribution is -0.216. The number of methoxy groups -OCH3 is 1. The number of carbonyl (C=O) groups excluding carboxylic acids is 1. The maximum absolute atomic E-state index is 13.0. The molecule has 2 saturated heterocycles. The average Bonchev–Trinajstić information content (AvgIpc) is 2.86. The Kier molecular flexibility index (Phi) is 4.39. The molecule has 4 fully saturated rings. The van der Waals surface area contributed by atoms with Gasteiger partial charge in [0.15, 0.2) is 4.80 Å². The molecular formula is C18H26N2O3S. The highest BCUT2D eigenvalue weighted by Crippen LogP contribution is 2.53. The van der Waals surface area contributed by atoms with Crippen molar-refractivity contribution < 1.29 is 14.3 Å². The minimum Gasteiger partial charge on any atom is -0.385 e. The normalized spacial score (nSPS) is 34.9. The molecule has 4 bridgehead atoms. The zero-order chi connectivity index (χ0) is 16.7. The molecule has 1 aromatic heterocycles. The Morgan fingerprint density at radius 2 is 2.17 bits per heavy atom. The fourth-order valence-corrected chi connectivity index (χ4v) is 5.77. The first-order valence-electron chi connectivity index (χ1n) is 9.01. The first-order valence-corrected chi connectivity index (χ1v) is 9.82. The van der Waals surface area contributed by atoms with Gasteiger partial charge in [0, 0.05) is 31.3 Å². The quantitative estimate of drug-likeness (QED) is 0.767. The minimum absolute atomic E-state index is 0.0519. The molecule has 0 N–H and O–H groups in total. The molecule has 24 heavy (non-hydrogen) atoms. The summed E-state index contributed by atoms with van der Waals surface area (Å²) < 4.78 is 13.4. The van der Waals surface area contributed by atoms with E-state index in [9.17, 15) is 4.79 Å². The van der Waals surface area contributed by atoms with Gasteiger partial charge < -0.3 is 14.0 Å². The average molecular weight is 350 g/mol. The van der Waals surface area contributed by atoms with Gasteiger partial charge >= 0.3 is 0 Å². The largest absolute Gasteiger partial charge is 0.385 e. The smallest absolute Gasteiger partial charge is 0.280 e. The van der Waals surface area contributed by atoms with Crippen LogP contribution in [0.15, 0.2) is 11.2 Å². The van der Waals surface area contributed by atoms with E-state index < -0.39 is 5.60 Å². The Labute approximate surface area is 146 Å². The van der Waals surface area contributed by atoms with E-state index in [-0.39, 0.29) is 12.0 Å². The molecule has 0 spiro atoms. The molecule has 2 aliphatic carbocycles. The lowest BCUT2D eigenvalue weighted by Crippen LogP contribution is -2.58. The van der Waals surface area contributed by atoms with Gasteiger partial charge in [0.25, 0.3) is 5.91 Å². The van der Waals surface area contributed by atoms with Gasteiger partial charge in [0.05, 0.1) is 6.10 Å². The summed E-state index contributed by atoms with van der Waals surface area (Å²) in [6.45, 7) is 3.60. The number of aromatic nitrogens is 1. The van der Waals surface area contributed by atoms with Gasteiger partial charge in [0.1, 0.15) is 5.60 Å². The summed E-state index contributed by atoms with van der Waals surface area (Å²) in [5.74, 6) is 1.27. The van der Waals surface area contributed by atoms with Gasteiger partial charge in [-0.05, 0) is 57.3 Å². The third kappa shape index (κ3) is 3.00. The van der Waals surface area contributed by atoms with E-state index in [4.69, 9.17) is 9.47 Å². The summed E-state index contributed by atoms with van der Waals surface area (Å²) in [4.78, 5) is 19.5. The van der Waals surface area contributed by atoms with Gasteiger partial charge in [-0.2, -0.15) is 4.99 Å². The molecule has 2 aliphatic heterocycles. The van der Waals surface area contributed by atoms with E-state index in [1.165, 1.54) is 11.3 Å². The van der Waals surface area contributed by atoms with Crippen molar-refractivity contribution in [2.24, 2.45) is 16.8 Å². The van der Waals surface area contributed by atoms with Crippen LogP contribution in [0.1, 0.15) is 43.4 Å². The van der Waals surface area contributed by atoms with Crippen LogP contribution in [0.2, 0.25) is 0 Å². The van der Waals surface area contributed by atoms with Crippen molar-refractivity contribution in [3.63, 3.8) is 0 Å². The molecule has 0 radical (unpaired) electrons. The third-order valence-electron chi connectivity index (χ3n) is 5.66. The Morgan fingerprint density at radius 1 is 1.42 bits per heavy atom. The molecule has 6 heteroatoms. The van der Waals surface area contributed by atoms with Crippen molar-refractivity contribution in [2.45, 2.75) is 63.7 Å². The number of amides is 1. The van der Waals surface area contributed by atoms with Crippen LogP contribution >= 0.6 is 11.3 Å². The maximum Gasteiger partial charge on any atom is 0.280 e. The fraction of sp³-hybridized carbons (Fsp3) is 0.778. The highest BCUT2D eigenvalue weighted by Gasteiger charge is 2.56. The lowest BCUT2D eigenvalue weighted by atomic mass is 9.62. The Hall–Kier alpha value is -0.980. The summed E-state index contributed by atoms with van der Waals surface area (Å²) in [5.41, 5.74) is -0.628. The number of nitrogens with zero attached hydrogens (tertiary/aromatic N) is 2. The molecular weight excluding hydrogens is 324 g/mol. The topological polar surface area (TPSA) is 52.8 Å². The number of aryl methyl sites for hydroxylation is 2. The van der Waals surface area contributed by atoms with E-state index in [1.54, 1.807) is 18.4 Å². The van der Waals surface area contributed by atoms with Crippen molar-refractivity contribution >= 4 is 17.2 Å². The van der Waals surface area contributed by atoms with E-state index in [2.05, 4.69) is 22.7 Å². The van der Waals surface area contributed by atoms with Gasteiger partial charge in [-0.15, -0.1) is 11.3 Å². The number of carbonyl (C=O) groups is 1. The van der Waals surface area contributed by atoms with Crippen LogP contribution in [-0.2, 0) is 20.8 Å². The van der Waals surface area contributed by atoms with E-state index in [0.29, 0.717) is 18.4 Å². The van der Waals surface area contributed by atoms with Crippen molar-refractivity contribution in [1.82, 2.24) is 4.57 Å². The molecule has 4 aliphatic rings. The van der Waals surface area contributed by atoms with Crippen LogP contribution in [0.5, 0.6) is 0 Å². The molecule has 5 nitrogen and oxygen atoms in total. The van der Waals surface area contributed by atoms with Crippen LogP contribution < -0.4 is 4.80 Å². The molecule has 3 heterocycles. The van der Waals surface area contributed by atoms with Gasteiger partial charge in [0.2, 0.25) is 0 Å².